The van der Waals surface area contributed by atoms with Crippen molar-refractivity contribution in [2.24, 2.45) is 0 Å². The lowest BCUT2D eigenvalue weighted by Gasteiger charge is -2.00. The Morgan fingerprint density at radius 1 is 1.53 bits per heavy atom. The van der Waals surface area contributed by atoms with Crippen molar-refractivity contribution in [3.8, 4) is 0 Å². The van der Waals surface area contributed by atoms with Crippen molar-refractivity contribution in [2.45, 2.75) is 20.3 Å². The molecule has 0 bridgehead atoms. The fourth-order valence-electron chi connectivity index (χ4n) is 1.56. The monoisotopic (exact) mass is 252 g/mol. The molecule has 0 aromatic carbocycles. The van der Waals surface area contributed by atoms with Gasteiger partial charge in [-0.2, -0.15) is 0 Å². The van der Waals surface area contributed by atoms with E-state index in [1.54, 1.807) is 6.92 Å². The van der Waals surface area contributed by atoms with Gasteiger partial charge < -0.3 is 9.72 Å². The minimum Gasteiger partial charge on any atom is -0.460 e. The van der Waals surface area contributed by atoms with Crippen LogP contribution < -0.4 is 5.56 Å². The average Bonchev–Trinajstić information content (AvgIpc) is 2.72. The van der Waals surface area contributed by atoms with Crippen LogP contribution in [0.3, 0.4) is 0 Å². The zero-order valence-electron chi connectivity index (χ0n) is 9.57. The first-order valence-corrected chi connectivity index (χ1v) is 6.22. The number of hydrogen-bond donors (Lipinski definition) is 1. The van der Waals surface area contributed by atoms with Crippen molar-refractivity contribution in [1.82, 2.24) is 9.97 Å². The van der Waals surface area contributed by atoms with Crippen molar-refractivity contribution in [3.05, 3.63) is 27.1 Å². The number of H-pyrrole nitrogens is 1. The summed E-state index contributed by atoms with van der Waals surface area (Å²) in [5.74, 6) is -0.633. The quantitative estimate of drug-likeness (QED) is 0.844. The molecule has 0 fully saturated rings. The third-order valence-corrected chi connectivity index (χ3v) is 3.29. The maximum atomic E-state index is 11.9. The van der Waals surface area contributed by atoms with Crippen molar-refractivity contribution in [1.29, 1.82) is 0 Å². The number of aryl methyl sites for hydroxylation is 1. The summed E-state index contributed by atoms with van der Waals surface area (Å²) >= 11 is 1.36. The summed E-state index contributed by atoms with van der Waals surface area (Å²) < 4.78 is 4.80. The van der Waals surface area contributed by atoms with Crippen LogP contribution in [0.4, 0.5) is 0 Å². The normalized spacial score (nSPS) is 10.7. The molecule has 0 radical (unpaired) electrons. The highest BCUT2D eigenvalue weighted by Gasteiger charge is 2.15. The largest absolute Gasteiger partial charge is 0.460 e. The molecule has 0 spiro atoms. The lowest BCUT2D eigenvalue weighted by Crippen LogP contribution is -2.17. The summed E-state index contributed by atoms with van der Waals surface area (Å²) in [5, 5.41) is 2.47. The Bertz CT molecular complexity index is 615. The number of nitrogens with one attached hydrogen (secondary N) is 1. The number of hydrogen-bond acceptors (Lipinski definition) is 5. The third-order valence-electron chi connectivity index (χ3n) is 2.37. The van der Waals surface area contributed by atoms with Crippen molar-refractivity contribution in [3.63, 3.8) is 0 Å². The first-order valence-electron chi connectivity index (χ1n) is 5.34. The minimum absolute atomic E-state index is 0.0335. The van der Waals surface area contributed by atoms with Crippen LogP contribution in [0.25, 0.3) is 10.2 Å². The lowest BCUT2D eigenvalue weighted by molar-refractivity contribution is 0.0512. The number of nitrogens with zero attached hydrogens (tertiary/aromatic N) is 1. The Hall–Kier alpha value is -1.69. The molecule has 0 aliphatic heterocycles. The highest BCUT2D eigenvalue weighted by Crippen LogP contribution is 2.21. The van der Waals surface area contributed by atoms with Crippen LogP contribution in [0.15, 0.2) is 10.2 Å². The van der Waals surface area contributed by atoms with Gasteiger partial charge in [-0.15, -0.1) is 11.3 Å². The average molecular weight is 252 g/mol. The predicted octanol–water partition coefficient (Wildman–Crippen LogP) is 1.72. The van der Waals surface area contributed by atoms with E-state index in [2.05, 4.69) is 9.97 Å². The molecule has 0 atom stereocenters. The van der Waals surface area contributed by atoms with E-state index in [0.717, 1.165) is 12.0 Å². The molecule has 0 saturated carbocycles. The molecule has 17 heavy (non-hydrogen) atoms. The number of carbonyl (C=O) groups excluding carboxylic acids is 1. The molecule has 0 amide bonds. The fraction of sp³-hybridized carbons (Fsp3) is 0.364. The number of aromatic nitrogens is 2. The SMILES string of the molecule is CCOC(=O)c1nc2scc(CC)c2c(=O)[nH]1. The van der Waals surface area contributed by atoms with Crippen molar-refractivity contribution in [2.75, 3.05) is 6.61 Å². The second-order valence-corrected chi connectivity index (χ2v) is 4.29. The molecular formula is C11H12N2O3S. The molecular weight excluding hydrogens is 240 g/mol. The molecule has 0 aliphatic carbocycles. The second kappa shape index (κ2) is 4.67. The third kappa shape index (κ3) is 2.08. The number of rotatable bonds is 3. The number of aromatic amines is 1. The van der Waals surface area contributed by atoms with Gasteiger partial charge in [0.25, 0.3) is 5.56 Å². The maximum absolute atomic E-state index is 11.9. The van der Waals surface area contributed by atoms with Gasteiger partial charge in [-0.1, -0.05) is 6.92 Å². The fourth-order valence-corrected chi connectivity index (χ4v) is 2.59. The molecule has 2 heterocycles. The summed E-state index contributed by atoms with van der Waals surface area (Å²) in [6.45, 7) is 3.93. The topological polar surface area (TPSA) is 72.0 Å². The Morgan fingerprint density at radius 3 is 2.94 bits per heavy atom. The summed E-state index contributed by atoms with van der Waals surface area (Å²) in [6.07, 6.45) is 0.767. The maximum Gasteiger partial charge on any atom is 0.374 e. The molecule has 6 heteroatoms. The van der Waals surface area contributed by atoms with E-state index in [1.807, 2.05) is 12.3 Å². The van der Waals surface area contributed by atoms with E-state index in [1.165, 1.54) is 11.3 Å². The van der Waals surface area contributed by atoms with Crippen LogP contribution in [0.1, 0.15) is 30.0 Å². The molecule has 0 saturated heterocycles. The molecule has 1 N–H and O–H groups in total. The van der Waals surface area contributed by atoms with Crippen LogP contribution >= 0.6 is 11.3 Å². The van der Waals surface area contributed by atoms with E-state index < -0.39 is 5.97 Å². The Labute approximate surface area is 101 Å². The van der Waals surface area contributed by atoms with Crippen molar-refractivity contribution >= 4 is 27.5 Å². The Balaban J connectivity index is 2.57. The van der Waals surface area contributed by atoms with Crippen LogP contribution in [-0.2, 0) is 11.2 Å². The van der Waals surface area contributed by atoms with E-state index in [-0.39, 0.29) is 18.0 Å². The van der Waals surface area contributed by atoms with Crippen molar-refractivity contribution < 1.29 is 9.53 Å². The second-order valence-electron chi connectivity index (χ2n) is 3.43. The first kappa shape index (κ1) is 11.8. The zero-order valence-corrected chi connectivity index (χ0v) is 10.4. The smallest absolute Gasteiger partial charge is 0.374 e. The predicted molar refractivity (Wildman–Crippen MR) is 65.6 cm³/mol. The Morgan fingerprint density at radius 2 is 2.29 bits per heavy atom. The van der Waals surface area contributed by atoms with E-state index in [0.29, 0.717) is 10.2 Å². The number of ether oxygens (including phenoxy) is 1. The standard InChI is InChI=1S/C11H12N2O3S/c1-3-6-5-17-10-7(6)9(14)12-8(13-10)11(15)16-4-2/h5H,3-4H2,1-2H3,(H,12,13,14). The van der Waals surface area contributed by atoms with Gasteiger partial charge in [-0.05, 0) is 24.3 Å². The summed E-state index contributed by atoms with van der Waals surface area (Å²) in [5.41, 5.74) is 0.672. The highest BCUT2D eigenvalue weighted by atomic mass is 32.1. The molecule has 0 aliphatic rings. The van der Waals surface area contributed by atoms with Gasteiger partial charge in [0.2, 0.25) is 5.82 Å². The summed E-state index contributed by atoms with van der Waals surface area (Å²) in [6, 6.07) is 0. The van der Waals surface area contributed by atoms with Gasteiger partial charge in [-0.25, -0.2) is 9.78 Å². The Kier molecular flexibility index (Phi) is 3.23. The van der Waals surface area contributed by atoms with Crippen LogP contribution in [0.5, 0.6) is 0 Å². The van der Waals surface area contributed by atoms with E-state index >= 15 is 0 Å². The molecule has 90 valence electrons. The van der Waals surface area contributed by atoms with Gasteiger partial charge in [0.1, 0.15) is 4.83 Å². The molecule has 2 aromatic rings. The molecule has 5 nitrogen and oxygen atoms in total. The van der Waals surface area contributed by atoms with Gasteiger partial charge in [-0.3, -0.25) is 4.79 Å². The van der Waals surface area contributed by atoms with E-state index in [4.69, 9.17) is 4.74 Å². The number of esters is 1. The van der Waals surface area contributed by atoms with Crippen LogP contribution in [0, 0.1) is 0 Å². The zero-order chi connectivity index (χ0) is 12.4. The number of thiophene rings is 1. The van der Waals surface area contributed by atoms with Gasteiger partial charge >= 0.3 is 5.97 Å². The van der Waals surface area contributed by atoms with Crippen LogP contribution in [-0.4, -0.2) is 22.5 Å². The summed E-state index contributed by atoms with van der Waals surface area (Å²) in [4.78, 5) is 30.5. The van der Waals surface area contributed by atoms with Gasteiger partial charge in [0.15, 0.2) is 0 Å². The minimum atomic E-state index is -0.599. The molecule has 2 rings (SSSR count). The van der Waals surface area contributed by atoms with E-state index in [9.17, 15) is 9.59 Å². The molecule has 0 unspecified atom stereocenters. The summed E-state index contributed by atoms with van der Waals surface area (Å²) in [7, 11) is 0. The first-order chi connectivity index (χ1) is 8.17. The van der Waals surface area contributed by atoms with Gasteiger partial charge in [0.05, 0.1) is 12.0 Å². The number of carbonyl (C=O) groups is 1. The number of fused-ring (bicyclic) bond motifs is 1. The molecule has 2 aromatic heterocycles. The highest BCUT2D eigenvalue weighted by molar-refractivity contribution is 7.16. The van der Waals surface area contributed by atoms with Crippen LogP contribution in [0.2, 0.25) is 0 Å². The van der Waals surface area contributed by atoms with Gasteiger partial charge in [0, 0.05) is 0 Å². The lowest BCUT2D eigenvalue weighted by atomic mass is 10.2.